The van der Waals surface area contributed by atoms with E-state index in [1.807, 2.05) is 85.8 Å². The van der Waals surface area contributed by atoms with Crippen molar-refractivity contribution in [1.29, 1.82) is 0 Å². The molecule has 1 N–H and O–H groups in total. The molecule has 0 saturated carbocycles. The minimum Gasteiger partial charge on any atom is -0.377 e. The molecule has 0 aliphatic rings. The molecule has 3 aromatic carbocycles. The molecule has 3 aromatic rings. The molecule has 0 unspecified atom stereocenters. The summed E-state index contributed by atoms with van der Waals surface area (Å²) in [6, 6.07) is 27.1. The Morgan fingerprint density at radius 2 is 1.49 bits per heavy atom. The van der Waals surface area contributed by atoms with Crippen LogP contribution in [0.5, 0.6) is 0 Å². The van der Waals surface area contributed by atoms with Gasteiger partial charge in [0.15, 0.2) is 6.10 Å². The number of carbonyl (C=O) groups is 1. The SMILES string of the molecule is CO[C@@H](C(=O)N[C@H](/C=C/CCCCCCCCOCc1ccccc1)C[S@@](=O)c1ccc(C)cc1)c1ccccc1. The number of unbranched alkanes of at least 4 members (excludes halogenated alkanes) is 6. The first-order chi connectivity index (χ1) is 20.1. The van der Waals surface area contributed by atoms with E-state index in [1.165, 1.54) is 38.4 Å². The molecule has 3 atom stereocenters. The van der Waals surface area contributed by atoms with E-state index >= 15 is 0 Å². The van der Waals surface area contributed by atoms with Crippen LogP contribution in [0.15, 0.2) is 102 Å². The van der Waals surface area contributed by atoms with Gasteiger partial charge in [0.2, 0.25) is 0 Å². The van der Waals surface area contributed by atoms with Gasteiger partial charge in [-0.2, -0.15) is 0 Å². The Labute approximate surface area is 248 Å². The summed E-state index contributed by atoms with van der Waals surface area (Å²) in [7, 11) is 0.291. The first-order valence-electron chi connectivity index (χ1n) is 14.7. The van der Waals surface area contributed by atoms with Crippen LogP contribution < -0.4 is 5.32 Å². The lowest BCUT2D eigenvalue weighted by atomic mass is 10.1. The van der Waals surface area contributed by atoms with Crippen molar-refractivity contribution in [3.63, 3.8) is 0 Å². The molecule has 0 aromatic heterocycles. The predicted octanol–water partition coefficient (Wildman–Crippen LogP) is 7.48. The van der Waals surface area contributed by atoms with Gasteiger partial charge >= 0.3 is 0 Å². The van der Waals surface area contributed by atoms with Crippen molar-refractivity contribution < 1.29 is 18.5 Å². The molecule has 0 radical (unpaired) electrons. The highest BCUT2D eigenvalue weighted by Crippen LogP contribution is 2.17. The van der Waals surface area contributed by atoms with E-state index in [9.17, 15) is 9.00 Å². The van der Waals surface area contributed by atoms with Crippen LogP contribution in [0.1, 0.15) is 67.7 Å². The quantitative estimate of drug-likeness (QED) is 0.119. The Morgan fingerprint density at radius 1 is 0.854 bits per heavy atom. The number of allylic oxidation sites excluding steroid dienone is 1. The molecule has 0 aliphatic heterocycles. The van der Waals surface area contributed by atoms with E-state index in [0.29, 0.717) is 12.4 Å². The lowest BCUT2D eigenvalue weighted by Crippen LogP contribution is -2.40. The van der Waals surface area contributed by atoms with Gasteiger partial charge in [0.05, 0.1) is 29.2 Å². The van der Waals surface area contributed by atoms with Gasteiger partial charge in [-0.25, -0.2) is 0 Å². The molecule has 0 fully saturated rings. The summed E-state index contributed by atoms with van der Waals surface area (Å²) in [5, 5.41) is 3.07. The van der Waals surface area contributed by atoms with E-state index in [-0.39, 0.29) is 11.9 Å². The highest BCUT2D eigenvalue weighted by molar-refractivity contribution is 7.85. The maximum Gasteiger partial charge on any atom is 0.254 e. The predicted molar refractivity (Wildman–Crippen MR) is 168 cm³/mol. The minimum atomic E-state index is -1.24. The van der Waals surface area contributed by atoms with Crippen LogP contribution >= 0.6 is 0 Å². The maximum absolute atomic E-state index is 13.1. The standard InChI is InChI=1S/C35H45NO4S/c1-29-22-24-33(25-23-29)41(38)28-32(36-35(37)34(39-2)31-19-13-10-14-20-31)21-15-7-5-3-4-6-8-16-26-40-27-30-17-11-9-12-18-30/h9-15,17-25,32,34H,3-8,16,26-28H2,1-2H3,(H,36,37)/b21-15+/t32-,34-,41-/m1/s1. The van der Waals surface area contributed by atoms with Crippen molar-refractivity contribution >= 4 is 16.7 Å². The maximum atomic E-state index is 13.1. The smallest absolute Gasteiger partial charge is 0.254 e. The van der Waals surface area contributed by atoms with Gasteiger partial charge in [-0.1, -0.05) is 116 Å². The number of benzene rings is 3. The fourth-order valence-electron chi connectivity index (χ4n) is 4.57. The van der Waals surface area contributed by atoms with E-state index in [1.54, 1.807) is 0 Å². The van der Waals surface area contributed by atoms with Gasteiger partial charge in [0.25, 0.3) is 5.91 Å². The molecular formula is C35H45NO4S. The van der Waals surface area contributed by atoms with Crippen molar-refractivity contribution in [3.05, 3.63) is 114 Å². The highest BCUT2D eigenvalue weighted by atomic mass is 32.2. The third kappa shape index (κ3) is 12.6. The molecule has 0 saturated heterocycles. The summed E-state index contributed by atoms with van der Waals surface area (Å²) in [6.45, 7) is 3.50. The van der Waals surface area contributed by atoms with Gasteiger partial charge in [-0.15, -0.1) is 0 Å². The fourth-order valence-corrected chi connectivity index (χ4v) is 5.73. The number of amides is 1. The molecule has 0 aliphatic carbocycles. The molecule has 0 spiro atoms. The number of nitrogens with one attached hydrogen (secondary N) is 1. The third-order valence-corrected chi connectivity index (χ3v) is 8.37. The summed E-state index contributed by atoms with van der Waals surface area (Å²) in [5.74, 6) is 0.0741. The van der Waals surface area contributed by atoms with E-state index in [4.69, 9.17) is 9.47 Å². The van der Waals surface area contributed by atoms with Crippen molar-refractivity contribution in [2.75, 3.05) is 19.5 Å². The topological polar surface area (TPSA) is 64.6 Å². The van der Waals surface area contributed by atoms with Crippen LogP contribution in [0, 0.1) is 6.92 Å². The van der Waals surface area contributed by atoms with E-state index in [0.717, 1.165) is 41.9 Å². The van der Waals surface area contributed by atoms with Gasteiger partial charge in [0, 0.05) is 18.6 Å². The second-order valence-corrected chi connectivity index (χ2v) is 11.8. The summed E-state index contributed by atoms with van der Waals surface area (Å²) in [4.78, 5) is 13.9. The largest absolute Gasteiger partial charge is 0.377 e. The Kier molecular flexibility index (Phi) is 15.1. The zero-order valence-corrected chi connectivity index (χ0v) is 25.3. The first-order valence-corrected chi connectivity index (χ1v) is 16.0. The van der Waals surface area contributed by atoms with Crippen LogP contribution in [0.25, 0.3) is 0 Å². The third-order valence-electron chi connectivity index (χ3n) is 6.91. The zero-order valence-electron chi connectivity index (χ0n) is 24.5. The Morgan fingerprint density at radius 3 is 2.17 bits per heavy atom. The second-order valence-electron chi connectivity index (χ2n) is 10.3. The number of ether oxygens (including phenoxy) is 2. The Hall–Kier alpha value is -3.06. The number of rotatable bonds is 19. The van der Waals surface area contributed by atoms with Crippen LogP contribution in [0.3, 0.4) is 0 Å². The number of aryl methyl sites for hydroxylation is 1. The zero-order chi connectivity index (χ0) is 29.1. The van der Waals surface area contributed by atoms with Crippen LogP contribution in [0.4, 0.5) is 0 Å². The van der Waals surface area contributed by atoms with Gasteiger partial charge in [-0.3, -0.25) is 9.00 Å². The second kappa shape index (κ2) is 19.1. The lowest BCUT2D eigenvalue weighted by Gasteiger charge is -2.20. The van der Waals surface area contributed by atoms with Crippen LogP contribution in [0.2, 0.25) is 0 Å². The molecule has 6 heteroatoms. The van der Waals surface area contributed by atoms with E-state index < -0.39 is 16.9 Å². The summed E-state index contributed by atoms with van der Waals surface area (Å²) >= 11 is 0. The molecule has 5 nitrogen and oxygen atoms in total. The van der Waals surface area contributed by atoms with Crippen LogP contribution in [-0.2, 0) is 31.7 Å². The number of carbonyl (C=O) groups excluding carboxylic acids is 1. The summed E-state index contributed by atoms with van der Waals surface area (Å²) < 4.78 is 24.4. The number of hydrogen-bond acceptors (Lipinski definition) is 4. The number of methoxy groups -OCH3 is 1. The van der Waals surface area contributed by atoms with Crippen molar-refractivity contribution in [1.82, 2.24) is 5.32 Å². The molecule has 41 heavy (non-hydrogen) atoms. The average Bonchev–Trinajstić information content (AvgIpc) is 2.99. The van der Waals surface area contributed by atoms with E-state index in [2.05, 4.69) is 23.5 Å². The first kappa shape index (κ1) is 32.5. The molecule has 0 bridgehead atoms. The van der Waals surface area contributed by atoms with Crippen LogP contribution in [-0.4, -0.2) is 35.6 Å². The molecule has 3 rings (SSSR count). The molecule has 1 amide bonds. The molecule has 0 heterocycles. The lowest BCUT2D eigenvalue weighted by molar-refractivity contribution is -0.131. The van der Waals surface area contributed by atoms with Gasteiger partial charge in [0.1, 0.15) is 0 Å². The number of hydrogen-bond donors (Lipinski definition) is 1. The van der Waals surface area contributed by atoms with Crippen molar-refractivity contribution in [2.45, 2.75) is 75.5 Å². The minimum absolute atomic E-state index is 0.234. The summed E-state index contributed by atoms with van der Waals surface area (Å²) in [6.07, 6.45) is 11.3. The van der Waals surface area contributed by atoms with Gasteiger partial charge in [-0.05, 0) is 49.4 Å². The highest BCUT2D eigenvalue weighted by Gasteiger charge is 2.23. The fraction of sp³-hybridized carbons (Fsp3) is 0.400. The average molecular weight is 576 g/mol. The van der Waals surface area contributed by atoms with Crippen molar-refractivity contribution in [3.8, 4) is 0 Å². The Bertz CT molecular complexity index is 1180. The molecule has 220 valence electrons. The summed E-state index contributed by atoms with van der Waals surface area (Å²) in [5.41, 5.74) is 3.13. The normalized spacial score (nSPS) is 13.6. The molecular weight excluding hydrogens is 530 g/mol. The monoisotopic (exact) mass is 575 g/mol. The van der Waals surface area contributed by atoms with Crippen molar-refractivity contribution in [2.24, 2.45) is 0 Å². The Balaban J connectivity index is 1.41. The van der Waals surface area contributed by atoms with Gasteiger partial charge < -0.3 is 14.8 Å².